The molecule has 1 saturated carbocycles. The third-order valence-electron chi connectivity index (χ3n) is 2.56. The predicted octanol–water partition coefficient (Wildman–Crippen LogP) is 1.62. The van der Waals surface area contributed by atoms with Crippen LogP contribution >= 0.6 is 0 Å². The van der Waals surface area contributed by atoms with Gasteiger partial charge >= 0.3 is 0 Å². The van der Waals surface area contributed by atoms with Crippen LogP contribution in [0.1, 0.15) is 39.3 Å². The van der Waals surface area contributed by atoms with Crippen molar-refractivity contribution in [3.05, 3.63) is 18.2 Å². The van der Waals surface area contributed by atoms with Crippen LogP contribution in [-0.4, -0.2) is 14.7 Å². The van der Waals surface area contributed by atoms with E-state index in [4.69, 9.17) is 0 Å². The van der Waals surface area contributed by atoms with Gasteiger partial charge < -0.3 is 9.67 Å². The van der Waals surface area contributed by atoms with E-state index in [0.717, 1.165) is 18.5 Å². The van der Waals surface area contributed by atoms with Crippen LogP contribution in [0, 0.1) is 0 Å². The molecule has 1 heterocycles. The highest BCUT2D eigenvalue weighted by Gasteiger charge is 2.44. The summed E-state index contributed by atoms with van der Waals surface area (Å²) in [6.07, 6.45) is 5.46. The second kappa shape index (κ2) is 2.35. The van der Waals surface area contributed by atoms with Crippen molar-refractivity contribution in [1.82, 2.24) is 9.55 Å². The van der Waals surface area contributed by atoms with Gasteiger partial charge in [0.1, 0.15) is 5.60 Å². The summed E-state index contributed by atoms with van der Waals surface area (Å²) in [5.41, 5.74) is 0.273. The Bertz CT molecular complexity index is 298. The van der Waals surface area contributed by atoms with Gasteiger partial charge in [0.05, 0.1) is 12.0 Å². The van der Waals surface area contributed by atoms with E-state index < -0.39 is 5.60 Å². The fourth-order valence-electron chi connectivity index (χ4n) is 1.30. The van der Waals surface area contributed by atoms with E-state index in [2.05, 4.69) is 25.8 Å². The van der Waals surface area contributed by atoms with Crippen molar-refractivity contribution >= 4 is 0 Å². The van der Waals surface area contributed by atoms with Crippen LogP contribution < -0.4 is 0 Å². The Balaban J connectivity index is 2.29. The molecule has 0 bridgehead atoms. The zero-order valence-electron chi connectivity index (χ0n) is 8.41. The van der Waals surface area contributed by atoms with Crippen molar-refractivity contribution in [2.24, 2.45) is 0 Å². The molecule has 13 heavy (non-hydrogen) atoms. The lowest BCUT2D eigenvalue weighted by atomic mass is 10.1. The lowest BCUT2D eigenvalue weighted by molar-refractivity contribution is 0.146. The van der Waals surface area contributed by atoms with Gasteiger partial charge in [0.15, 0.2) is 0 Å². The topological polar surface area (TPSA) is 38.0 Å². The SMILES string of the molecule is CC(C)(C)n1cnc(C2(O)CC2)c1. The molecule has 0 atom stereocenters. The summed E-state index contributed by atoms with van der Waals surface area (Å²) in [5.74, 6) is 0. The Morgan fingerprint density at radius 3 is 2.46 bits per heavy atom. The number of aliphatic hydroxyl groups is 1. The monoisotopic (exact) mass is 180 g/mol. The third kappa shape index (κ3) is 1.48. The number of hydrogen-bond donors (Lipinski definition) is 1. The van der Waals surface area contributed by atoms with Crippen molar-refractivity contribution in [3.63, 3.8) is 0 Å². The van der Waals surface area contributed by atoms with E-state index in [9.17, 15) is 5.11 Å². The first-order chi connectivity index (χ1) is 5.92. The summed E-state index contributed by atoms with van der Waals surface area (Å²) in [7, 11) is 0. The average Bonchev–Trinajstić information content (AvgIpc) is 2.60. The Kier molecular flexibility index (Phi) is 1.58. The molecule has 1 aliphatic carbocycles. The van der Waals surface area contributed by atoms with Gasteiger partial charge in [-0.3, -0.25) is 0 Å². The molecule has 1 aliphatic rings. The van der Waals surface area contributed by atoms with Gasteiger partial charge in [0.25, 0.3) is 0 Å². The first-order valence-electron chi connectivity index (χ1n) is 4.69. The summed E-state index contributed by atoms with van der Waals surface area (Å²) in [6.45, 7) is 6.36. The van der Waals surface area contributed by atoms with E-state index in [0.29, 0.717) is 0 Å². The largest absolute Gasteiger partial charge is 0.383 e. The molecule has 1 aromatic heterocycles. The number of imidazole rings is 1. The molecular formula is C10H16N2O. The molecule has 3 heteroatoms. The molecule has 0 radical (unpaired) electrons. The molecular weight excluding hydrogens is 164 g/mol. The molecule has 72 valence electrons. The smallest absolute Gasteiger partial charge is 0.108 e. The van der Waals surface area contributed by atoms with Crippen molar-refractivity contribution in [2.45, 2.75) is 44.8 Å². The van der Waals surface area contributed by atoms with Crippen LogP contribution in [-0.2, 0) is 11.1 Å². The minimum atomic E-state index is -0.601. The van der Waals surface area contributed by atoms with Gasteiger partial charge in [0.2, 0.25) is 0 Å². The molecule has 3 nitrogen and oxygen atoms in total. The molecule has 0 unspecified atom stereocenters. The second-order valence-electron chi connectivity index (χ2n) is 4.87. The van der Waals surface area contributed by atoms with Gasteiger partial charge in [-0.25, -0.2) is 4.98 Å². The summed E-state index contributed by atoms with van der Waals surface area (Å²) in [6, 6.07) is 0. The van der Waals surface area contributed by atoms with Gasteiger partial charge in [-0.15, -0.1) is 0 Å². The minimum Gasteiger partial charge on any atom is -0.383 e. The molecule has 1 fully saturated rings. The number of aromatic nitrogens is 2. The van der Waals surface area contributed by atoms with E-state index in [1.807, 2.05) is 10.8 Å². The minimum absolute atomic E-state index is 0.0521. The Morgan fingerprint density at radius 1 is 1.46 bits per heavy atom. The summed E-state index contributed by atoms with van der Waals surface area (Å²) < 4.78 is 2.04. The highest BCUT2D eigenvalue weighted by Crippen LogP contribution is 2.44. The highest BCUT2D eigenvalue weighted by molar-refractivity contribution is 5.17. The predicted molar refractivity (Wildman–Crippen MR) is 50.4 cm³/mol. The standard InChI is InChI=1S/C10H16N2O/c1-9(2,3)12-6-8(11-7-12)10(13)4-5-10/h6-7,13H,4-5H2,1-3H3. The highest BCUT2D eigenvalue weighted by atomic mass is 16.3. The summed E-state index contributed by atoms with van der Waals surface area (Å²) in [5, 5.41) is 9.80. The zero-order chi connectivity index (χ0) is 9.69. The molecule has 1 N–H and O–H groups in total. The maximum absolute atomic E-state index is 9.80. The van der Waals surface area contributed by atoms with Gasteiger partial charge in [0, 0.05) is 11.7 Å². The normalized spacial score (nSPS) is 20.3. The average molecular weight is 180 g/mol. The molecule has 1 aromatic rings. The molecule has 0 saturated heterocycles. The fraction of sp³-hybridized carbons (Fsp3) is 0.700. The lowest BCUT2D eigenvalue weighted by Gasteiger charge is -2.20. The van der Waals surface area contributed by atoms with Crippen molar-refractivity contribution in [1.29, 1.82) is 0 Å². The van der Waals surface area contributed by atoms with Crippen molar-refractivity contribution in [2.75, 3.05) is 0 Å². The molecule has 0 amide bonds. The number of hydrogen-bond acceptors (Lipinski definition) is 2. The van der Waals surface area contributed by atoms with E-state index >= 15 is 0 Å². The maximum atomic E-state index is 9.80. The van der Waals surface area contributed by atoms with Crippen LogP contribution in [0.5, 0.6) is 0 Å². The van der Waals surface area contributed by atoms with Crippen LogP contribution in [0.4, 0.5) is 0 Å². The number of nitrogens with zero attached hydrogens (tertiary/aromatic N) is 2. The van der Waals surface area contributed by atoms with Gasteiger partial charge in [-0.2, -0.15) is 0 Å². The van der Waals surface area contributed by atoms with Gasteiger partial charge in [-0.05, 0) is 33.6 Å². The molecule has 2 rings (SSSR count). The van der Waals surface area contributed by atoms with Crippen LogP contribution in [0.25, 0.3) is 0 Å². The summed E-state index contributed by atoms with van der Waals surface area (Å²) in [4.78, 5) is 4.23. The second-order valence-corrected chi connectivity index (χ2v) is 4.87. The van der Waals surface area contributed by atoms with E-state index in [-0.39, 0.29) is 5.54 Å². The van der Waals surface area contributed by atoms with E-state index in [1.54, 1.807) is 6.33 Å². The third-order valence-corrected chi connectivity index (χ3v) is 2.56. The quantitative estimate of drug-likeness (QED) is 0.713. The molecule has 0 aliphatic heterocycles. The zero-order valence-corrected chi connectivity index (χ0v) is 8.41. The summed E-state index contributed by atoms with van der Waals surface area (Å²) >= 11 is 0. The molecule has 0 aromatic carbocycles. The van der Waals surface area contributed by atoms with Crippen molar-refractivity contribution in [3.8, 4) is 0 Å². The fourth-order valence-corrected chi connectivity index (χ4v) is 1.30. The molecule has 0 spiro atoms. The first kappa shape index (κ1) is 8.75. The Morgan fingerprint density at radius 2 is 2.08 bits per heavy atom. The lowest BCUT2D eigenvalue weighted by Crippen LogP contribution is -2.19. The Labute approximate surface area is 78.4 Å². The first-order valence-corrected chi connectivity index (χ1v) is 4.69. The Hall–Kier alpha value is -0.830. The van der Waals surface area contributed by atoms with Gasteiger partial charge in [-0.1, -0.05) is 0 Å². The number of rotatable bonds is 1. The van der Waals surface area contributed by atoms with Crippen molar-refractivity contribution < 1.29 is 5.11 Å². The van der Waals surface area contributed by atoms with E-state index in [1.165, 1.54) is 0 Å². The van der Waals surface area contributed by atoms with Crippen LogP contribution in [0.2, 0.25) is 0 Å². The van der Waals surface area contributed by atoms with Crippen LogP contribution in [0.3, 0.4) is 0 Å². The maximum Gasteiger partial charge on any atom is 0.108 e. The van der Waals surface area contributed by atoms with Crippen LogP contribution in [0.15, 0.2) is 12.5 Å².